The average Bonchev–Trinajstić information content (AvgIpc) is 3.32. The maximum absolute atomic E-state index is 13.2. The Morgan fingerprint density at radius 1 is 1.21 bits per heavy atom. The second kappa shape index (κ2) is 8.01. The number of rotatable bonds is 6. The number of aromatic nitrogens is 2. The molecule has 3 aromatic rings. The monoisotopic (exact) mass is 431 g/mol. The number of sulfone groups is 1. The molecular formula is C21H25N3O3S2. The Balaban J connectivity index is 1.78. The van der Waals surface area contributed by atoms with Crippen molar-refractivity contribution >= 4 is 31.9 Å². The second-order valence-electron chi connectivity index (χ2n) is 8.04. The van der Waals surface area contributed by atoms with Gasteiger partial charge in [0.05, 0.1) is 28.4 Å². The molecule has 1 aromatic carbocycles. The van der Waals surface area contributed by atoms with Gasteiger partial charge in [0.25, 0.3) is 5.56 Å². The van der Waals surface area contributed by atoms with E-state index in [9.17, 15) is 13.2 Å². The van der Waals surface area contributed by atoms with Crippen LogP contribution in [0, 0.1) is 5.92 Å². The Labute approximate surface area is 174 Å². The summed E-state index contributed by atoms with van der Waals surface area (Å²) in [6.07, 6.45) is 0.606. The molecule has 0 bridgehead atoms. The fourth-order valence-corrected chi connectivity index (χ4v) is 6.44. The van der Waals surface area contributed by atoms with Crippen molar-refractivity contribution in [3.8, 4) is 10.6 Å². The van der Waals surface area contributed by atoms with Crippen LogP contribution in [0.25, 0.3) is 21.3 Å². The van der Waals surface area contributed by atoms with Crippen molar-refractivity contribution in [3.63, 3.8) is 0 Å². The average molecular weight is 432 g/mol. The highest BCUT2D eigenvalue weighted by atomic mass is 32.2. The Hall–Kier alpha value is -2.03. The highest BCUT2D eigenvalue weighted by Gasteiger charge is 2.33. The Kier molecular flexibility index (Phi) is 5.59. The summed E-state index contributed by atoms with van der Waals surface area (Å²) in [5.74, 6) is 0.721. The van der Waals surface area contributed by atoms with E-state index in [0.717, 1.165) is 22.5 Å². The summed E-state index contributed by atoms with van der Waals surface area (Å²) in [5.41, 5.74) is 0.647. The van der Waals surface area contributed by atoms with E-state index in [1.54, 1.807) is 11.3 Å². The Morgan fingerprint density at radius 2 is 1.97 bits per heavy atom. The van der Waals surface area contributed by atoms with Crippen molar-refractivity contribution in [1.29, 1.82) is 0 Å². The molecule has 0 amide bonds. The van der Waals surface area contributed by atoms with E-state index in [4.69, 9.17) is 5.10 Å². The molecule has 0 aliphatic carbocycles. The standard InChI is InChI=1S/C21H25N3O3S2/c1-15(2)12-23(16-9-11-29(26,27)13-16)14-24-21(25)18-7-4-3-6-17(18)20(22-24)19-8-5-10-28-19/h3-8,10,15-16H,9,11-14H2,1-2H3. The zero-order chi connectivity index (χ0) is 20.6. The van der Waals surface area contributed by atoms with E-state index in [-0.39, 0.29) is 23.1 Å². The number of hydrogen-bond acceptors (Lipinski definition) is 6. The summed E-state index contributed by atoms with van der Waals surface area (Å²) in [6, 6.07) is 11.4. The summed E-state index contributed by atoms with van der Waals surface area (Å²) < 4.78 is 25.6. The van der Waals surface area contributed by atoms with Gasteiger partial charge in [-0.25, -0.2) is 13.1 Å². The number of fused-ring (bicyclic) bond motifs is 1. The van der Waals surface area contributed by atoms with Crippen molar-refractivity contribution in [2.45, 2.75) is 33.0 Å². The van der Waals surface area contributed by atoms with Crippen LogP contribution in [0.15, 0.2) is 46.6 Å². The van der Waals surface area contributed by atoms with Gasteiger partial charge >= 0.3 is 0 Å². The van der Waals surface area contributed by atoms with Crippen LogP contribution in [0.2, 0.25) is 0 Å². The van der Waals surface area contributed by atoms with Crippen molar-refractivity contribution in [3.05, 3.63) is 52.1 Å². The molecular weight excluding hydrogens is 406 g/mol. The van der Waals surface area contributed by atoms with Gasteiger partial charge in [-0.05, 0) is 29.9 Å². The van der Waals surface area contributed by atoms with Crippen LogP contribution in [-0.2, 0) is 16.5 Å². The molecule has 2 aromatic heterocycles. The summed E-state index contributed by atoms with van der Waals surface area (Å²) in [6.45, 7) is 5.21. The topological polar surface area (TPSA) is 72.3 Å². The Morgan fingerprint density at radius 3 is 2.59 bits per heavy atom. The molecule has 0 saturated carbocycles. The van der Waals surface area contributed by atoms with E-state index in [1.807, 2.05) is 41.8 Å². The largest absolute Gasteiger partial charge is 0.280 e. The van der Waals surface area contributed by atoms with Crippen LogP contribution in [-0.4, -0.2) is 47.2 Å². The summed E-state index contributed by atoms with van der Waals surface area (Å²) >= 11 is 1.59. The maximum Gasteiger partial charge on any atom is 0.275 e. The normalized spacial score (nSPS) is 18.8. The summed E-state index contributed by atoms with van der Waals surface area (Å²) in [7, 11) is -3.00. The predicted molar refractivity (Wildman–Crippen MR) is 118 cm³/mol. The molecule has 8 heteroatoms. The first-order chi connectivity index (χ1) is 13.8. The van der Waals surface area contributed by atoms with Gasteiger partial charge in [0.1, 0.15) is 5.69 Å². The molecule has 1 aliphatic rings. The van der Waals surface area contributed by atoms with Gasteiger partial charge < -0.3 is 0 Å². The number of nitrogens with zero attached hydrogens (tertiary/aromatic N) is 3. The summed E-state index contributed by atoms with van der Waals surface area (Å²) in [5, 5.41) is 8.19. The molecule has 1 saturated heterocycles. The van der Waals surface area contributed by atoms with Crippen LogP contribution < -0.4 is 5.56 Å². The third-order valence-electron chi connectivity index (χ3n) is 5.26. The molecule has 1 fully saturated rings. The zero-order valence-electron chi connectivity index (χ0n) is 16.6. The maximum atomic E-state index is 13.2. The van der Waals surface area contributed by atoms with E-state index < -0.39 is 9.84 Å². The van der Waals surface area contributed by atoms with Crippen molar-refractivity contribution in [2.75, 3.05) is 18.1 Å². The zero-order valence-corrected chi connectivity index (χ0v) is 18.2. The first-order valence-corrected chi connectivity index (χ1v) is 12.5. The van der Waals surface area contributed by atoms with Crippen LogP contribution in [0.5, 0.6) is 0 Å². The minimum atomic E-state index is -3.00. The molecule has 154 valence electrons. The van der Waals surface area contributed by atoms with Crippen LogP contribution in [0.1, 0.15) is 20.3 Å². The molecule has 0 N–H and O–H groups in total. The van der Waals surface area contributed by atoms with E-state index >= 15 is 0 Å². The molecule has 0 radical (unpaired) electrons. The Bertz CT molecular complexity index is 1170. The molecule has 4 rings (SSSR count). The predicted octanol–water partition coefficient (Wildman–Crippen LogP) is 3.23. The molecule has 29 heavy (non-hydrogen) atoms. The second-order valence-corrected chi connectivity index (χ2v) is 11.2. The fraction of sp³-hybridized carbons (Fsp3) is 0.429. The summed E-state index contributed by atoms with van der Waals surface area (Å²) in [4.78, 5) is 16.3. The quantitative estimate of drug-likeness (QED) is 0.599. The third kappa shape index (κ3) is 4.29. The van der Waals surface area contributed by atoms with E-state index in [2.05, 4.69) is 18.7 Å². The molecule has 1 atom stereocenters. The lowest BCUT2D eigenvalue weighted by atomic mass is 10.1. The fourth-order valence-electron chi connectivity index (χ4n) is 3.95. The smallest absolute Gasteiger partial charge is 0.275 e. The van der Waals surface area contributed by atoms with Crippen molar-refractivity contribution in [2.24, 2.45) is 5.92 Å². The first-order valence-electron chi connectivity index (χ1n) is 9.82. The van der Waals surface area contributed by atoms with Gasteiger partial charge in [0, 0.05) is 18.0 Å². The van der Waals surface area contributed by atoms with Gasteiger partial charge in [0.15, 0.2) is 9.84 Å². The number of thiophene rings is 1. The highest BCUT2D eigenvalue weighted by molar-refractivity contribution is 7.91. The minimum absolute atomic E-state index is 0.0761. The minimum Gasteiger partial charge on any atom is -0.280 e. The van der Waals surface area contributed by atoms with Crippen molar-refractivity contribution in [1.82, 2.24) is 14.7 Å². The van der Waals surface area contributed by atoms with Gasteiger partial charge in [0.2, 0.25) is 0 Å². The first kappa shape index (κ1) is 20.3. The van der Waals surface area contributed by atoms with E-state index in [0.29, 0.717) is 24.4 Å². The molecule has 1 aliphatic heterocycles. The van der Waals surface area contributed by atoms with Crippen molar-refractivity contribution < 1.29 is 8.42 Å². The van der Waals surface area contributed by atoms with Gasteiger partial charge in [-0.1, -0.05) is 38.1 Å². The molecule has 0 spiro atoms. The third-order valence-corrected chi connectivity index (χ3v) is 7.89. The van der Waals surface area contributed by atoms with E-state index in [1.165, 1.54) is 4.68 Å². The molecule has 1 unspecified atom stereocenters. The van der Waals surface area contributed by atoms with Gasteiger partial charge in [-0.15, -0.1) is 11.3 Å². The number of hydrogen-bond donors (Lipinski definition) is 0. The SMILES string of the molecule is CC(C)CN(Cn1nc(-c2cccs2)c2ccccc2c1=O)C1CCS(=O)(=O)C1. The van der Waals surface area contributed by atoms with Crippen LogP contribution in [0.4, 0.5) is 0 Å². The number of benzene rings is 1. The van der Waals surface area contributed by atoms with Gasteiger partial charge in [-0.2, -0.15) is 5.10 Å². The molecule has 3 heterocycles. The highest BCUT2D eigenvalue weighted by Crippen LogP contribution is 2.28. The lowest BCUT2D eigenvalue weighted by molar-refractivity contribution is 0.136. The van der Waals surface area contributed by atoms with Gasteiger partial charge in [-0.3, -0.25) is 9.69 Å². The lowest BCUT2D eigenvalue weighted by Crippen LogP contribution is -2.43. The lowest BCUT2D eigenvalue weighted by Gasteiger charge is -2.29. The van der Waals surface area contributed by atoms with Crippen LogP contribution in [0.3, 0.4) is 0 Å². The van der Waals surface area contributed by atoms with Crippen LogP contribution >= 0.6 is 11.3 Å². The molecule has 6 nitrogen and oxygen atoms in total.